The van der Waals surface area contributed by atoms with Gasteiger partial charge in [0.2, 0.25) is 10.0 Å². The van der Waals surface area contributed by atoms with E-state index >= 15 is 0 Å². The number of sulfonamides is 1. The first-order valence-corrected chi connectivity index (χ1v) is 6.41. The average Bonchev–Trinajstić information content (AvgIpc) is 2.27. The molecule has 2 atom stereocenters. The van der Waals surface area contributed by atoms with Crippen molar-refractivity contribution in [1.82, 2.24) is 4.98 Å². The van der Waals surface area contributed by atoms with Crippen molar-refractivity contribution in [2.75, 3.05) is 0 Å². The maximum Gasteiger partial charge on any atom is 0.214 e. The van der Waals surface area contributed by atoms with Crippen LogP contribution in [0, 0.1) is 11.3 Å². The predicted octanol–water partition coefficient (Wildman–Crippen LogP) is -0.162. The molecule has 0 unspecified atom stereocenters. The molecule has 0 saturated carbocycles. The Labute approximate surface area is 99.8 Å². The van der Waals surface area contributed by atoms with Gasteiger partial charge < -0.3 is 5.11 Å². The number of aromatic nitrogens is 1. The van der Waals surface area contributed by atoms with Gasteiger partial charge in [0, 0.05) is 6.20 Å². The van der Waals surface area contributed by atoms with Crippen LogP contribution in [0.15, 0.2) is 18.3 Å². The minimum Gasteiger partial charge on any atom is -0.382 e. The van der Waals surface area contributed by atoms with Crippen molar-refractivity contribution in [2.24, 2.45) is 5.14 Å². The molecule has 0 fully saturated rings. The molecular weight excluding hydrogens is 242 g/mol. The number of hydrogen-bond donors (Lipinski definition) is 2. The summed E-state index contributed by atoms with van der Waals surface area (Å²) in [6.07, 6.45) is 1.26. The second kappa shape index (κ2) is 4.41. The van der Waals surface area contributed by atoms with E-state index in [2.05, 4.69) is 4.98 Å². The van der Waals surface area contributed by atoms with E-state index in [-0.39, 0.29) is 5.69 Å². The summed E-state index contributed by atoms with van der Waals surface area (Å²) in [6.45, 7) is 2.62. The third-order valence-corrected chi connectivity index (χ3v) is 4.14. The second-order valence-electron chi connectivity index (χ2n) is 3.92. The van der Waals surface area contributed by atoms with Gasteiger partial charge in [0.15, 0.2) is 0 Å². The predicted molar refractivity (Wildman–Crippen MR) is 61.1 cm³/mol. The fourth-order valence-corrected chi connectivity index (χ4v) is 2.05. The van der Waals surface area contributed by atoms with Crippen LogP contribution in [-0.2, 0) is 15.6 Å². The summed E-state index contributed by atoms with van der Waals surface area (Å²) in [5, 5.41) is 22.5. The molecule has 1 heterocycles. The van der Waals surface area contributed by atoms with E-state index in [4.69, 9.17) is 10.4 Å². The fourth-order valence-electron chi connectivity index (χ4n) is 1.29. The van der Waals surface area contributed by atoms with Crippen LogP contribution in [-0.4, -0.2) is 23.8 Å². The van der Waals surface area contributed by atoms with Gasteiger partial charge in [-0.15, -0.1) is 0 Å². The first kappa shape index (κ1) is 13.6. The van der Waals surface area contributed by atoms with Crippen LogP contribution in [0.5, 0.6) is 0 Å². The highest BCUT2D eigenvalue weighted by Gasteiger charge is 2.38. The van der Waals surface area contributed by atoms with E-state index in [1.807, 2.05) is 6.07 Å². The van der Waals surface area contributed by atoms with Gasteiger partial charge in [-0.2, -0.15) is 5.26 Å². The van der Waals surface area contributed by atoms with Crippen molar-refractivity contribution in [1.29, 1.82) is 5.26 Å². The Morgan fingerprint density at radius 1 is 1.59 bits per heavy atom. The minimum absolute atomic E-state index is 0.151. The number of pyridine rings is 1. The maximum absolute atomic E-state index is 11.2. The number of hydrogen-bond acceptors (Lipinski definition) is 5. The molecule has 1 aromatic rings. The van der Waals surface area contributed by atoms with Gasteiger partial charge in [-0.25, -0.2) is 13.6 Å². The summed E-state index contributed by atoms with van der Waals surface area (Å²) in [5.74, 6) is 0. The molecule has 0 amide bonds. The van der Waals surface area contributed by atoms with Crippen LogP contribution < -0.4 is 5.14 Å². The SMILES string of the molecule is C[C@@H]([C@](C)(O)c1ccc(C#N)cn1)S(N)(=O)=O. The Balaban J connectivity index is 3.18. The normalized spacial score (nSPS) is 16.9. The first-order chi connectivity index (χ1) is 7.69. The number of nitriles is 1. The molecule has 6 nitrogen and oxygen atoms in total. The Morgan fingerprint density at radius 3 is 2.53 bits per heavy atom. The average molecular weight is 255 g/mol. The largest absolute Gasteiger partial charge is 0.382 e. The van der Waals surface area contributed by atoms with Crippen LogP contribution in [0.25, 0.3) is 0 Å². The lowest BCUT2D eigenvalue weighted by molar-refractivity contribution is 0.0519. The molecule has 0 aliphatic heterocycles. The molecule has 92 valence electrons. The monoisotopic (exact) mass is 255 g/mol. The summed E-state index contributed by atoms with van der Waals surface area (Å²) in [7, 11) is -3.88. The number of nitrogens with two attached hydrogens (primary N) is 1. The van der Waals surface area contributed by atoms with Crippen molar-refractivity contribution < 1.29 is 13.5 Å². The van der Waals surface area contributed by atoms with Gasteiger partial charge in [-0.3, -0.25) is 4.98 Å². The Bertz CT molecular complexity index is 543. The van der Waals surface area contributed by atoms with Crippen LogP contribution in [0.2, 0.25) is 0 Å². The lowest BCUT2D eigenvalue weighted by Crippen LogP contribution is -2.43. The zero-order valence-electron chi connectivity index (χ0n) is 9.45. The topological polar surface area (TPSA) is 117 Å². The van der Waals surface area contributed by atoms with Gasteiger partial charge in [0.25, 0.3) is 0 Å². The maximum atomic E-state index is 11.2. The van der Waals surface area contributed by atoms with Crippen molar-refractivity contribution in [3.8, 4) is 6.07 Å². The molecular formula is C10H13N3O3S. The summed E-state index contributed by atoms with van der Waals surface area (Å²) < 4.78 is 22.4. The van der Waals surface area contributed by atoms with Crippen LogP contribution in [0.4, 0.5) is 0 Å². The molecule has 0 aromatic carbocycles. The molecule has 1 aromatic heterocycles. The molecule has 7 heteroatoms. The highest BCUT2D eigenvalue weighted by atomic mass is 32.2. The van der Waals surface area contributed by atoms with Gasteiger partial charge in [-0.05, 0) is 26.0 Å². The van der Waals surface area contributed by atoms with E-state index < -0.39 is 20.9 Å². The highest BCUT2D eigenvalue weighted by Crippen LogP contribution is 2.26. The van der Waals surface area contributed by atoms with Gasteiger partial charge in [0.1, 0.15) is 16.9 Å². The van der Waals surface area contributed by atoms with Gasteiger partial charge in [-0.1, -0.05) is 0 Å². The highest BCUT2D eigenvalue weighted by molar-refractivity contribution is 7.89. The standard InChI is InChI=1S/C10H13N3O3S/c1-7(17(12,15)16)10(2,14)9-4-3-8(5-11)6-13-9/h3-4,6-7,14H,1-2H3,(H2,12,15,16)/t7-,10-/m0/s1. The minimum atomic E-state index is -3.88. The summed E-state index contributed by atoms with van der Waals surface area (Å²) in [6, 6.07) is 4.73. The molecule has 1 rings (SSSR count). The molecule has 0 spiro atoms. The van der Waals surface area contributed by atoms with Crippen molar-refractivity contribution in [2.45, 2.75) is 24.7 Å². The number of primary sulfonamides is 1. The smallest absolute Gasteiger partial charge is 0.214 e. The first-order valence-electron chi connectivity index (χ1n) is 4.80. The Hall–Kier alpha value is -1.49. The third-order valence-electron chi connectivity index (χ3n) is 2.70. The zero-order chi connectivity index (χ0) is 13.3. The number of rotatable bonds is 3. The number of nitrogens with zero attached hydrogens (tertiary/aromatic N) is 2. The number of aliphatic hydroxyl groups is 1. The summed E-state index contributed by atoms with van der Waals surface area (Å²) >= 11 is 0. The summed E-state index contributed by atoms with van der Waals surface area (Å²) in [4.78, 5) is 3.86. The van der Waals surface area contributed by atoms with Crippen LogP contribution in [0.1, 0.15) is 25.1 Å². The van der Waals surface area contributed by atoms with Gasteiger partial charge in [0.05, 0.1) is 11.3 Å². The van der Waals surface area contributed by atoms with Crippen molar-refractivity contribution in [3.05, 3.63) is 29.6 Å². The second-order valence-corrected chi connectivity index (χ2v) is 5.81. The molecule has 0 bridgehead atoms. The van der Waals surface area contributed by atoms with E-state index in [1.54, 1.807) is 0 Å². The molecule has 17 heavy (non-hydrogen) atoms. The molecule has 0 aliphatic rings. The molecule has 0 saturated heterocycles. The zero-order valence-corrected chi connectivity index (χ0v) is 10.3. The van der Waals surface area contributed by atoms with E-state index in [0.29, 0.717) is 5.56 Å². The Morgan fingerprint density at radius 2 is 2.18 bits per heavy atom. The van der Waals surface area contributed by atoms with Crippen LogP contribution >= 0.6 is 0 Å². The quantitative estimate of drug-likeness (QED) is 0.778. The van der Waals surface area contributed by atoms with E-state index in [1.165, 1.54) is 32.2 Å². The van der Waals surface area contributed by atoms with Gasteiger partial charge >= 0.3 is 0 Å². The lowest BCUT2D eigenvalue weighted by atomic mass is 9.97. The third kappa shape index (κ3) is 2.79. The van der Waals surface area contributed by atoms with E-state index in [9.17, 15) is 13.5 Å². The summed E-state index contributed by atoms with van der Waals surface area (Å²) in [5.41, 5.74) is -1.23. The molecule has 3 N–H and O–H groups in total. The Kier molecular flexibility index (Phi) is 3.52. The fraction of sp³-hybridized carbons (Fsp3) is 0.400. The lowest BCUT2D eigenvalue weighted by Gasteiger charge is -2.27. The molecule has 0 radical (unpaired) electrons. The van der Waals surface area contributed by atoms with Crippen molar-refractivity contribution in [3.63, 3.8) is 0 Å². The van der Waals surface area contributed by atoms with E-state index in [0.717, 1.165) is 0 Å². The van der Waals surface area contributed by atoms with Crippen molar-refractivity contribution >= 4 is 10.0 Å². The van der Waals surface area contributed by atoms with Crippen LogP contribution in [0.3, 0.4) is 0 Å². The molecule has 0 aliphatic carbocycles.